The highest BCUT2D eigenvalue weighted by atomic mass is 32.1. The summed E-state index contributed by atoms with van der Waals surface area (Å²) in [6.45, 7) is 3.87. The Morgan fingerprint density at radius 2 is 1.26 bits per heavy atom. The normalized spacial score (nSPS) is 14.1. The second kappa shape index (κ2) is 15.0. The predicted octanol–water partition coefficient (Wildman–Crippen LogP) is 1.02. The van der Waals surface area contributed by atoms with Gasteiger partial charge in [-0.1, -0.05) is 56.3 Å². The van der Waals surface area contributed by atoms with E-state index in [0.29, 0.717) is 12.0 Å². The van der Waals surface area contributed by atoms with Crippen molar-refractivity contribution >= 4 is 36.3 Å². The van der Waals surface area contributed by atoms with Crippen molar-refractivity contribution in [3.05, 3.63) is 65.7 Å². The molecule has 4 atom stereocenters. The number of amides is 3. The number of nitrogens with one attached hydrogen (secondary N) is 3. The Kier molecular flexibility index (Phi) is 12.1. The van der Waals surface area contributed by atoms with E-state index in [0.717, 1.165) is 5.56 Å². The van der Waals surface area contributed by atoms with E-state index in [1.807, 2.05) is 32.0 Å². The molecule has 4 unspecified atom stereocenters. The number of thiol groups is 1. The van der Waals surface area contributed by atoms with Crippen molar-refractivity contribution in [3.8, 4) is 5.75 Å². The van der Waals surface area contributed by atoms with Gasteiger partial charge >= 0.3 is 5.97 Å². The van der Waals surface area contributed by atoms with Crippen LogP contribution in [0.1, 0.15) is 31.4 Å². The number of carboxylic acid groups (broad SMARTS) is 1. The molecule has 0 fully saturated rings. The van der Waals surface area contributed by atoms with Crippen LogP contribution in [0.2, 0.25) is 0 Å². The summed E-state index contributed by atoms with van der Waals surface area (Å²) in [4.78, 5) is 50.8. The maximum absolute atomic E-state index is 13.5. The molecule has 2 aromatic carbocycles. The molecule has 0 aliphatic heterocycles. The van der Waals surface area contributed by atoms with E-state index in [4.69, 9.17) is 5.73 Å². The van der Waals surface area contributed by atoms with Gasteiger partial charge in [-0.05, 0) is 35.6 Å². The fourth-order valence-corrected chi connectivity index (χ4v) is 4.01. The molecule has 0 saturated heterocycles. The molecule has 0 saturated carbocycles. The van der Waals surface area contributed by atoms with Crippen molar-refractivity contribution in [2.75, 3.05) is 5.75 Å². The van der Waals surface area contributed by atoms with Crippen molar-refractivity contribution in [1.82, 2.24) is 16.0 Å². The number of phenols is 1. The molecule has 0 aliphatic rings. The summed E-state index contributed by atoms with van der Waals surface area (Å²) >= 11 is 3.98. The van der Waals surface area contributed by atoms with E-state index in [-0.39, 0.29) is 30.3 Å². The van der Waals surface area contributed by atoms with E-state index < -0.39 is 47.9 Å². The summed E-state index contributed by atoms with van der Waals surface area (Å²) in [5.41, 5.74) is 7.43. The lowest BCUT2D eigenvalue weighted by Crippen LogP contribution is -2.58. The number of hydrogen-bond acceptors (Lipinski definition) is 7. The van der Waals surface area contributed by atoms with Gasteiger partial charge in [0.15, 0.2) is 0 Å². The molecule has 11 heteroatoms. The topological polar surface area (TPSA) is 171 Å². The standard InChI is InChI=1S/C27H36N4O6S/c1-16(2)12-20(28)24(33)29-21(13-17-6-4-3-5-7-17)25(34)30-22(14-18-8-10-19(32)11-9-18)26(35)31-23(15-38)27(36)37/h3-11,16,20-23,32,38H,12-15,28H2,1-2H3,(H,29,33)(H,30,34)(H,31,35)(H,36,37). The van der Waals surface area contributed by atoms with Crippen molar-refractivity contribution < 1.29 is 29.4 Å². The Morgan fingerprint density at radius 1 is 0.789 bits per heavy atom. The van der Waals surface area contributed by atoms with Gasteiger partial charge in [-0.15, -0.1) is 0 Å². The highest BCUT2D eigenvalue weighted by molar-refractivity contribution is 7.80. The summed E-state index contributed by atoms with van der Waals surface area (Å²) in [5.74, 6) is -3.06. The zero-order chi connectivity index (χ0) is 28.2. The van der Waals surface area contributed by atoms with Gasteiger partial charge in [-0.25, -0.2) is 4.79 Å². The Hall–Kier alpha value is -3.57. The Balaban J connectivity index is 2.29. The lowest BCUT2D eigenvalue weighted by atomic mass is 10.0. The van der Waals surface area contributed by atoms with Crippen LogP contribution in [0.3, 0.4) is 0 Å². The monoisotopic (exact) mass is 544 g/mol. The molecule has 10 nitrogen and oxygen atoms in total. The molecule has 0 radical (unpaired) electrons. The molecule has 206 valence electrons. The van der Waals surface area contributed by atoms with Crippen LogP contribution in [0.5, 0.6) is 5.75 Å². The second-order valence-electron chi connectivity index (χ2n) is 9.50. The number of carboxylic acids is 1. The van der Waals surface area contributed by atoms with Gasteiger partial charge in [-0.3, -0.25) is 14.4 Å². The Morgan fingerprint density at radius 3 is 1.74 bits per heavy atom. The molecule has 2 aromatic rings. The van der Waals surface area contributed by atoms with E-state index >= 15 is 0 Å². The van der Waals surface area contributed by atoms with Gasteiger partial charge in [0, 0.05) is 18.6 Å². The van der Waals surface area contributed by atoms with Crippen LogP contribution in [0.15, 0.2) is 54.6 Å². The number of benzene rings is 2. The molecule has 38 heavy (non-hydrogen) atoms. The lowest BCUT2D eigenvalue weighted by molar-refractivity contribution is -0.141. The van der Waals surface area contributed by atoms with Crippen molar-refractivity contribution in [2.45, 2.75) is 57.3 Å². The number of carbonyl (C=O) groups excluding carboxylic acids is 3. The maximum atomic E-state index is 13.5. The van der Waals surface area contributed by atoms with Gasteiger partial charge in [-0.2, -0.15) is 12.6 Å². The minimum absolute atomic E-state index is 0.00955. The molecule has 0 aromatic heterocycles. The van der Waals surface area contributed by atoms with Gasteiger partial charge in [0.05, 0.1) is 6.04 Å². The zero-order valence-corrected chi connectivity index (χ0v) is 22.4. The van der Waals surface area contributed by atoms with Crippen molar-refractivity contribution in [3.63, 3.8) is 0 Å². The Bertz CT molecular complexity index is 1080. The van der Waals surface area contributed by atoms with Crippen LogP contribution in [0.25, 0.3) is 0 Å². The van der Waals surface area contributed by atoms with Crippen molar-refractivity contribution in [2.24, 2.45) is 11.7 Å². The highest BCUT2D eigenvalue weighted by Gasteiger charge is 2.30. The van der Waals surface area contributed by atoms with Crippen LogP contribution in [0, 0.1) is 5.92 Å². The first-order chi connectivity index (χ1) is 18.0. The molecule has 0 spiro atoms. The van der Waals surface area contributed by atoms with E-state index in [1.165, 1.54) is 12.1 Å². The third-order valence-electron chi connectivity index (χ3n) is 5.78. The fourth-order valence-electron chi connectivity index (χ4n) is 3.76. The van der Waals surface area contributed by atoms with E-state index in [2.05, 4.69) is 28.6 Å². The average molecular weight is 545 g/mol. The fraction of sp³-hybridized carbons (Fsp3) is 0.407. The quantitative estimate of drug-likeness (QED) is 0.174. The lowest BCUT2D eigenvalue weighted by Gasteiger charge is -2.25. The van der Waals surface area contributed by atoms with Crippen LogP contribution < -0.4 is 21.7 Å². The first kappa shape index (κ1) is 30.7. The zero-order valence-electron chi connectivity index (χ0n) is 21.5. The minimum Gasteiger partial charge on any atom is -0.508 e. The number of aromatic hydroxyl groups is 1. The number of hydrogen-bond donors (Lipinski definition) is 7. The summed E-state index contributed by atoms with van der Waals surface area (Å²) in [6.07, 6.45) is 0.585. The number of rotatable bonds is 14. The Labute approximate surface area is 227 Å². The van der Waals surface area contributed by atoms with Crippen molar-refractivity contribution in [1.29, 1.82) is 0 Å². The minimum atomic E-state index is -1.27. The van der Waals surface area contributed by atoms with Crippen LogP contribution in [0.4, 0.5) is 0 Å². The third kappa shape index (κ3) is 10.1. The summed E-state index contributed by atoms with van der Waals surface area (Å²) in [5, 5.41) is 26.7. The highest BCUT2D eigenvalue weighted by Crippen LogP contribution is 2.13. The van der Waals surface area contributed by atoms with E-state index in [1.54, 1.807) is 24.3 Å². The van der Waals surface area contributed by atoms with Gasteiger partial charge in [0.25, 0.3) is 0 Å². The molecule has 2 rings (SSSR count). The first-order valence-corrected chi connectivity index (χ1v) is 13.0. The maximum Gasteiger partial charge on any atom is 0.327 e. The largest absolute Gasteiger partial charge is 0.508 e. The smallest absolute Gasteiger partial charge is 0.327 e. The van der Waals surface area contributed by atoms with Gasteiger partial charge in [0.1, 0.15) is 23.9 Å². The number of carbonyl (C=O) groups is 4. The second-order valence-corrected chi connectivity index (χ2v) is 9.87. The summed E-state index contributed by atoms with van der Waals surface area (Å²) in [6, 6.07) is 10.8. The molecule has 0 aliphatic carbocycles. The van der Waals surface area contributed by atoms with Crippen LogP contribution in [-0.2, 0) is 32.0 Å². The van der Waals surface area contributed by atoms with Gasteiger partial charge in [0.2, 0.25) is 17.7 Å². The number of phenolic OH excluding ortho intramolecular Hbond substituents is 1. The number of aliphatic carboxylic acids is 1. The SMILES string of the molecule is CC(C)CC(N)C(=O)NC(Cc1ccccc1)C(=O)NC(Cc1ccc(O)cc1)C(=O)NC(CS)C(=O)O. The first-order valence-electron chi connectivity index (χ1n) is 12.3. The molecular weight excluding hydrogens is 508 g/mol. The molecular formula is C27H36N4O6S. The predicted molar refractivity (Wildman–Crippen MR) is 147 cm³/mol. The van der Waals surface area contributed by atoms with Gasteiger partial charge < -0.3 is 31.9 Å². The molecule has 0 bridgehead atoms. The molecule has 3 amide bonds. The molecule has 0 heterocycles. The van der Waals surface area contributed by atoms with Crippen LogP contribution >= 0.6 is 12.6 Å². The summed E-state index contributed by atoms with van der Waals surface area (Å²) in [7, 11) is 0. The summed E-state index contributed by atoms with van der Waals surface area (Å²) < 4.78 is 0. The number of nitrogens with two attached hydrogens (primary N) is 1. The van der Waals surface area contributed by atoms with Crippen LogP contribution in [-0.4, -0.2) is 63.8 Å². The third-order valence-corrected chi connectivity index (χ3v) is 6.15. The van der Waals surface area contributed by atoms with E-state index in [9.17, 15) is 29.4 Å². The average Bonchev–Trinajstić information content (AvgIpc) is 2.87. The molecule has 7 N–H and O–H groups in total.